The summed E-state index contributed by atoms with van der Waals surface area (Å²) in [4.78, 5) is 12.3. The van der Waals surface area contributed by atoms with Crippen LogP contribution in [0.1, 0.15) is 25.5 Å². The SMILES string of the molecule is CCNc1nc(Cl)nc(NC(C)c2ccccc2)n1. The number of hydrogen-bond donors (Lipinski definition) is 2. The van der Waals surface area contributed by atoms with Crippen LogP contribution in [0.4, 0.5) is 11.9 Å². The van der Waals surface area contributed by atoms with Crippen LogP contribution in [0.15, 0.2) is 30.3 Å². The van der Waals surface area contributed by atoms with Gasteiger partial charge in [-0.15, -0.1) is 0 Å². The highest BCUT2D eigenvalue weighted by atomic mass is 35.5. The fourth-order valence-electron chi connectivity index (χ4n) is 1.67. The zero-order valence-electron chi connectivity index (χ0n) is 10.9. The molecule has 0 saturated heterocycles. The number of halogens is 1. The van der Waals surface area contributed by atoms with Crippen molar-refractivity contribution in [3.63, 3.8) is 0 Å². The average Bonchev–Trinajstić information content (AvgIpc) is 2.39. The summed E-state index contributed by atoms with van der Waals surface area (Å²) in [5, 5.41) is 6.40. The van der Waals surface area contributed by atoms with Crippen molar-refractivity contribution in [2.24, 2.45) is 0 Å². The second kappa shape index (κ2) is 6.33. The van der Waals surface area contributed by atoms with E-state index in [1.807, 2.05) is 44.2 Å². The van der Waals surface area contributed by atoms with E-state index in [0.717, 1.165) is 12.1 Å². The number of aromatic nitrogens is 3. The summed E-state index contributed by atoms with van der Waals surface area (Å²) in [5.41, 5.74) is 1.16. The number of anilines is 2. The summed E-state index contributed by atoms with van der Waals surface area (Å²) in [6, 6.07) is 10.2. The van der Waals surface area contributed by atoms with Gasteiger partial charge < -0.3 is 10.6 Å². The van der Waals surface area contributed by atoms with Gasteiger partial charge in [0.2, 0.25) is 17.2 Å². The third-order valence-corrected chi connectivity index (χ3v) is 2.76. The number of hydrogen-bond acceptors (Lipinski definition) is 5. The Morgan fingerprint density at radius 2 is 1.79 bits per heavy atom. The Morgan fingerprint density at radius 1 is 1.11 bits per heavy atom. The third kappa shape index (κ3) is 3.79. The molecule has 2 rings (SSSR count). The Kier molecular flexibility index (Phi) is 4.52. The number of nitrogens with one attached hydrogen (secondary N) is 2. The standard InChI is InChI=1S/C13H16ClN5/c1-3-15-12-17-11(14)18-13(19-12)16-9(2)10-7-5-4-6-8-10/h4-9H,3H2,1-2H3,(H2,15,16,17,18,19). The van der Waals surface area contributed by atoms with E-state index in [1.54, 1.807) is 0 Å². The summed E-state index contributed by atoms with van der Waals surface area (Å²) < 4.78 is 0. The van der Waals surface area contributed by atoms with Gasteiger partial charge in [0, 0.05) is 6.54 Å². The Balaban J connectivity index is 2.14. The molecular weight excluding hydrogens is 262 g/mol. The largest absolute Gasteiger partial charge is 0.354 e. The normalized spacial score (nSPS) is 11.9. The second-order valence-electron chi connectivity index (χ2n) is 4.06. The van der Waals surface area contributed by atoms with Crippen LogP contribution in [-0.2, 0) is 0 Å². The first-order valence-corrected chi connectivity index (χ1v) is 6.53. The second-order valence-corrected chi connectivity index (χ2v) is 4.40. The van der Waals surface area contributed by atoms with Crippen LogP contribution in [-0.4, -0.2) is 21.5 Å². The molecule has 6 heteroatoms. The maximum Gasteiger partial charge on any atom is 0.229 e. The lowest BCUT2D eigenvalue weighted by Gasteiger charge is -2.14. The topological polar surface area (TPSA) is 62.7 Å². The van der Waals surface area contributed by atoms with E-state index in [0.29, 0.717) is 11.9 Å². The predicted molar refractivity (Wildman–Crippen MR) is 77.5 cm³/mol. The van der Waals surface area contributed by atoms with Crippen molar-refractivity contribution in [3.05, 3.63) is 41.2 Å². The molecular formula is C13H16ClN5. The Bertz CT molecular complexity index is 532. The van der Waals surface area contributed by atoms with Crippen LogP contribution in [0.3, 0.4) is 0 Å². The minimum Gasteiger partial charge on any atom is -0.354 e. The molecule has 1 unspecified atom stereocenters. The Labute approximate surface area is 117 Å². The van der Waals surface area contributed by atoms with E-state index in [1.165, 1.54) is 0 Å². The van der Waals surface area contributed by atoms with Crippen LogP contribution < -0.4 is 10.6 Å². The fourth-order valence-corrected chi connectivity index (χ4v) is 1.83. The van der Waals surface area contributed by atoms with Crippen LogP contribution >= 0.6 is 11.6 Å². The molecule has 0 bridgehead atoms. The summed E-state index contributed by atoms with van der Waals surface area (Å²) in [6.45, 7) is 4.74. The van der Waals surface area contributed by atoms with Gasteiger partial charge in [-0.2, -0.15) is 15.0 Å². The molecule has 1 aromatic carbocycles. The lowest BCUT2D eigenvalue weighted by molar-refractivity contribution is 0.853. The first-order chi connectivity index (χ1) is 9.19. The Morgan fingerprint density at radius 3 is 2.47 bits per heavy atom. The van der Waals surface area contributed by atoms with Crippen LogP contribution in [0.5, 0.6) is 0 Å². The van der Waals surface area contributed by atoms with Gasteiger partial charge in [0.1, 0.15) is 0 Å². The van der Waals surface area contributed by atoms with Crippen LogP contribution in [0, 0.1) is 0 Å². The third-order valence-electron chi connectivity index (χ3n) is 2.59. The van der Waals surface area contributed by atoms with Gasteiger partial charge in [0.15, 0.2) is 0 Å². The molecule has 5 nitrogen and oxygen atoms in total. The average molecular weight is 278 g/mol. The molecule has 1 aromatic heterocycles. The minimum absolute atomic E-state index is 0.0918. The summed E-state index contributed by atoms with van der Waals surface area (Å²) in [5.74, 6) is 0.942. The molecule has 1 atom stereocenters. The molecule has 0 aliphatic carbocycles. The van der Waals surface area contributed by atoms with Gasteiger partial charge in [0.05, 0.1) is 6.04 Å². The van der Waals surface area contributed by atoms with Crippen molar-refractivity contribution < 1.29 is 0 Å². The molecule has 2 aromatic rings. The van der Waals surface area contributed by atoms with Crippen LogP contribution in [0.25, 0.3) is 0 Å². The lowest BCUT2D eigenvalue weighted by Crippen LogP contribution is -2.12. The van der Waals surface area contributed by atoms with Crippen molar-refractivity contribution in [3.8, 4) is 0 Å². The zero-order chi connectivity index (χ0) is 13.7. The van der Waals surface area contributed by atoms with Gasteiger partial charge in [-0.1, -0.05) is 30.3 Å². The van der Waals surface area contributed by atoms with E-state index in [2.05, 4.69) is 25.6 Å². The maximum atomic E-state index is 5.87. The summed E-state index contributed by atoms with van der Waals surface area (Å²) in [6.07, 6.45) is 0. The van der Waals surface area contributed by atoms with E-state index in [4.69, 9.17) is 11.6 Å². The molecule has 0 saturated carbocycles. The zero-order valence-corrected chi connectivity index (χ0v) is 11.6. The van der Waals surface area contributed by atoms with Crippen LogP contribution in [0.2, 0.25) is 5.28 Å². The fraction of sp³-hybridized carbons (Fsp3) is 0.308. The molecule has 0 amide bonds. The number of rotatable bonds is 5. The van der Waals surface area contributed by atoms with E-state index < -0.39 is 0 Å². The quantitative estimate of drug-likeness (QED) is 0.879. The first kappa shape index (κ1) is 13.5. The molecule has 100 valence electrons. The van der Waals surface area contributed by atoms with Gasteiger partial charge in [-0.25, -0.2) is 0 Å². The highest BCUT2D eigenvalue weighted by Crippen LogP contribution is 2.18. The van der Waals surface area contributed by atoms with E-state index >= 15 is 0 Å². The van der Waals surface area contributed by atoms with Gasteiger partial charge >= 0.3 is 0 Å². The minimum atomic E-state index is 0.0918. The van der Waals surface area contributed by atoms with E-state index in [9.17, 15) is 0 Å². The molecule has 0 aliphatic rings. The molecule has 0 spiro atoms. The molecule has 2 N–H and O–H groups in total. The highest BCUT2D eigenvalue weighted by molar-refractivity contribution is 6.28. The van der Waals surface area contributed by atoms with Gasteiger partial charge in [0.25, 0.3) is 0 Å². The highest BCUT2D eigenvalue weighted by Gasteiger charge is 2.09. The van der Waals surface area contributed by atoms with E-state index in [-0.39, 0.29) is 11.3 Å². The molecule has 1 heterocycles. The van der Waals surface area contributed by atoms with Crippen molar-refractivity contribution in [2.45, 2.75) is 19.9 Å². The summed E-state index contributed by atoms with van der Waals surface area (Å²) >= 11 is 5.87. The lowest BCUT2D eigenvalue weighted by atomic mass is 10.1. The molecule has 0 fully saturated rings. The van der Waals surface area contributed by atoms with Crippen molar-refractivity contribution in [2.75, 3.05) is 17.2 Å². The predicted octanol–water partition coefficient (Wildman–Crippen LogP) is 3.13. The van der Waals surface area contributed by atoms with Gasteiger partial charge in [-0.05, 0) is 31.0 Å². The van der Waals surface area contributed by atoms with Gasteiger partial charge in [-0.3, -0.25) is 0 Å². The maximum absolute atomic E-state index is 5.87. The molecule has 19 heavy (non-hydrogen) atoms. The number of benzene rings is 1. The monoisotopic (exact) mass is 277 g/mol. The van der Waals surface area contributed by atoms with Crippen molar-refractivity contribution >= 4 is 23.5 Å². The van der Waals surface area contributed by atoms with Crippen molar-refractivity contribution in [1.29, 1.82) is 0 Å². The van der Waals surface area contributed by atoms with Crippen molar-refractivity contribution in [1.82, 2.24) is 15.0 Å². The first-order valence-electron chi connectivity index (χ1n) is 6.16. The molecule has 0 radical (unpaired) electrons. The summed E-state index contributed by atoms with van der Waals surface area (Å²) in [7, 11) is 0. The smallest absolute Gasteiger partial charge is 0.229 e. The molecule has 0 aliphatic heterocycles. The number of nitrogens with zero attached hydrogens (tertiary/aromatic N) is 3. The Hall–Kier alpha value is -1.88.